The Morgan fingerprint density at radius 1 is 0.824 bits per heavy atom. The highest BCUT2D eigenvalue weighted by molar-refractivity contribution is 6.00. The van der Waals surface area contributed by atoms with Crippen molar-refractivity contribution in [1.29, 1.82) is 0 Å². The summed E-state index contributed by atoms with van der Waals surface area (Å²) in [6, 6.07) is 26.9. The van der Waals surface area contributed by atoms with E-state index in [2.05, 4.69) is 5.32 Å². The molecule has 0 unspecified atom stereocenters. The number of ether oxygens (including phenoxy) is 2. The second-order valence-electron chi connectivity index (χ2n) is 7.91. The number of aliphatic carboxylic acids is 1. The maximum absolute atomic E-state index is 12.8. The van der Waals surface area contributed by atoms with Gasteiger partial charge in [-0.2, -0.15) is 0 Å². The number of hydrogen-bond donors (Lipinski definition) is 2. The molecule has 0 radical (unpaired) electrons. The van der Waals surface area contributed by atoms with E-state index in [1.807, 2.05) is 54.6 Å². The molecule has 2 N–H and O–H groups in total. The molecule has 4 aromatic carbocycles. The van der Waals surface area contributed by atoms with Crippen molar-refractivity contribution in [3.05, 3.63) is 108 Å². The van der Waals surface area contributed by atoms with E-state index in [1.54, 1.807) is 43.5 Å². The van der Waals surface area contributed by atoms with Crippen LogP contribution in [0, 0.1) is 0 Å². The quantitative estimate of drug-likeness (QED) is 0.377. The van der Waals surface area contributed by atoms with E-state index in [0.717, 1.165) is 27.6 Å². The van der Waals surface area contributed by atoms with Gasteiger partial charge >= 0.3 is 5.97 Å². The van der Waals surface area contributed by atoms with Gasteiger partial charge in [-0.1, -0.05) is 54.6 Å². The van der Waals surface area contributed by atoms with E-state index in [1.165, 1.54) is 0 Å². The number of rotatable bonds is 9. The third-order valence-electron chi connectivity index (χ3n) is 5.52. The standard InChI is InChI=1S/C28H25NO5/c1-33-24-12-7-19(8-13-24)15-26(28(31)32)29-27(30)23-10-9-22-17-25(14-11-21(22)16-23)34-18-20-5-3-2-4-6-20/h2-14,16-17,26H,15,18H2,1H3,(H,29,30)(H,31,32)/t26-/m0/s1. The van der Waals surface area contributed by atoms with Crippen LogP contribution in [-0.2, 0) is 17.8 Å². The van der Waals surface area contributed by atoms with Crippen molar-refractivity contribution >= 4 is 22.6 Å². The summed E-state index contributed by atoms with van der Waals surface area (Å²) in [4.78, 5) is 24.6. The average molecular weight is 456 g/mol. The molecular formula is C28H25NO5. The fourth-order valence-corrected chi connectivity index (χ4v) is 3.63. The first-order chi connectivity index (χ1) is 16.5. The predicted molar refractivity (Wildman–Crippen MR) is 130 cm³/mol. The number of carboxylic acid groups (broad SMARTS) is 1. The second-order valence-corrected chi connectivity index (χ2v) is 7.91. The molecule has 0 spiro atoms. The fraction of sp³-hybridized carbons (Fsp3) is 0.143. The smallest absolute Gasteiger partial charge is 0.326 e. The highest BCUT2D eigenvalue weighted by atomic mass is 16.5. The maximum Gasteiger partial charge on any atom is 0.326 e. The summed E-state index contributed by atoms with van der Waals surface area (Å²) in [5.41, 5.74) is 2.26. The molecule has 0 aliphatic heterocycles. The molecule has 6 nitrogen and oxygen atoms in total. The number of methoxy groups -OCH3 is 1. The highest BCUT2D eigenvalue weighted by Gasteiger charge is 2.21. The summed E-state index contributed by atoms with van der Waals surface area (Å²) < 4.78 is 11.0. The van der Waals surface area contributed by atoms with E-state index in [0.29, 0.717) is 17.9 Å². The minimum Gasteiger partial charge on any atom is -0.497 e. The molecule has 1 atom stereocenters. The lowest BCUT2D eigenvalue weighted by Gasteiger charge is -2.15. The minimum absolute atomic E-state index is 0.167. The molecule has 0 bridgehead atoms. The predicted octanol–water partition coefficient (Wildman–Crippen LogP) is 4.85. The van der Waals surface area contributed by atoms with Crippen molar-refractivity contribution in [1.82, 2.24) is 5.32 Å². The first-order valence-electron chi connectivity index (χ1n) is 10.9. The number of amides is 1. The van der Waals surface area contributed by atoms with Crippen molar-refractivity contribution in [3.63, 3.8) is 0 Å². The Bertz CT molecular complexity index is 1290. The van der Waals surface area contributed by atoms with E-state index >= 15 is 0 Å². The number of nitrogens with one attached hydrogen (secondary N) is 1. The Kier molecular flexibility index (Phi) is 7.08. The van der Waals surface area contributed by atoms with Gasteiger partial charge in [-0.05, 0) is 58.3 Å². The number of fused-ring (bicyclic) bond motifs is 1. The van der Waals surface area contributed by atoms with Gasteiger partial charge in [-0.3, -0.25) is 4.79 Å². The van der Waals surface area contributed by atoms with Crippen molar-refractivity contribution < 1.29 is 24.2 Å². The Hall–Kier alpha value is -4.32. The van der Waals surface area contributed by atoms with Crippen LogP contribution in [0.4, 0.5) is 0 Å². The van der Waals surface area contributed by atoms with E-state index in [4.69, 9.17) is 9.47 Å². The van der Waals surface area contributed by atoms with Gasteiger partial charge in [0, 0.05) is 12.0 Å². The Labute approximate surface area is 197 Å². The third-order valence-corrected chi connectivity index (χ3v) is 5.52. The molecular weight excluding hydrogens is 430 g/mol. The largest absolute Gasteiger partial charge is 0.497 e. The Morgan fingerprint density at radius 2 is 1.50 bits per heavy atom. The second kappa shape index (κ2) is 10.5. The zero-order valence-corrected chi connectivity index (χ0v) is 18.7. The van der Waals surface area contributed by atoms with Crippen LogP contribution in [0.25, 0.3) is 10.8 Å². The summed E-state index contributed by atoms with van der Waals surface area (Å²) in [5, 5.41) is 14.0. The fourth-order valence-electron chi connectivity index (χ4n) is 3.63. The van der Waals surface area contributed by atoms with Gasteiger partial charge in [0.1, 0.15) is 24.1 Å². The molecule has 0 heterocycles. The molecule has 0 aliphatic carbocycles. The van der Waals surface area contributed by atoms with Crippen LogP contribution in [0.15, 0.2) is 91.0 Å². The van der Waals surface area contributed by atoms with E-state index in [9.17, 15) is 14.7 Å². The normalized spacial score (nSPS) is 11.6. The number of carbonyl (C=O) groups is 2. The van der Waals surface area contributed by atoms with Crippen molar-refractivity contribution in [2.75, 3.05) is 7.11 Å². The highest BCUT2D eigenvalue weighted by Crippen LogP contribution is 2.23. The van der Waals surface area contributed by atoms with Crippen LogP contribution < -0.4 is 14.8 Å². The summed E-state index contributed by atoms with van der Waals surface area (Å²) in [6.45, 7) is 0.470. The van der Waals surface area contributed by atoms with Crippen LogP contribution >= 0.6 is 0 Å². The molecule has 1 amide bonds. The van der Waals surface area contributed by atoms with Crippen molar-refractivity contribution in [2.45, 2.75) is 19.1 Å². The van der Waals surface area contributed by atoms with E-state index < -0.39 is 17.9 Å². The average Bonchev–Trinajstić information content (AvgIpc) is 2.87. The van der Waals surface area contributed by atoms with Gasteiger partial charge in [0.15, 0.2) is 0 Å². The van der Waals surface area contributed by atoms with Crippen LogP contribution in [0.1, 0.15) is 21.5 Å². The molecule has 6 heteroatoms. The number of carbonyl (C=O) groups excluding carboxylic acids is 1. The van der Waals surface area contributed by atoms with E-state index in [-0.39, 0.29) is 6.42 Å². The maximum atomic E-state index is 12.8. The van der Waals surface area contributed by atoms with Crippen molar-refractivity contribution in [2.24, 2.45) is 0 Å². The molecule has 4 aromatic rings. The summed E-state index contributed by atoms with van der Waals surface area (Å²) in [5.74, 6) is -0.110. The van der Waals surface area contributed by atoms with Gasteiger partial charge in [-0.15, -0.1) is 0 Å². The summed E-state index contributed by atoms with van der Waals surface area (Å²) in [7, 11) is 1.57. The molecule has 0 aliphatic rings. The zero-order valence-electron chi connectivity index (χ0n) is 18.7. The number of carboxylic acids is 1. The van der Waals surface area contributed by atoms with Gasteiger partial charge in [-0.25, -0.2) is 4.79 Å². The minimum atomic E-state index is -1.09. The lowest BCUT2D eigenvalue weighted by Crippen LogP contribution is -2.42. The van der Waals surface area contributed by atoms with Gasteiger partial charge < -0.3 is 19.9 Å². The van der Waals surface area contributed by atoms with Crippen molar-refractivity contribution in [3.8, 4) is 11.5 Å². The molecule has 0 saturated heterocycles. The molecule has 0 fully saturated rings. The molecule has 0 saturated carbocycles. The first kappa shape index (κ1) is 22.9. The molecule has 4 rings (SSSR count). The number of hydrogen-bond acceptors (Lipinski definition) is 4. The van der Waals surface area contributed by atoms with Crippen LogP contribution in [0.2, 0.25) is 0 Å². The first-order valence-corrected chi connectivity index (χ1v) is 10.9. The number of benzene rings is 4. The molecule has 172 valence electrons. The third kappa shape index (κ3) is 5.72. The van der Waals surface area contributed by atoms with Crippen LogP contribution in [0.5, 0.6) is 11.5 Å². The SMILES string of the molecule is COc1ccc(C[C@H](NC(=O)c2ccc3cc(OCc4ccccc4)ccc3c2)C(=O)O)cc1. The van der Waals surface area contributed by atoms with Crippen LogP contribution in [-0.4, -0.2) is 30.1 Å². The van der Waals surface area contributed by atoms with Gasteiger partial charge in [0.05, 0.1) is 7.11 Å². The van der Waals surface area contributed by atoms with Crippen LogP contribution in [0.3, 0.4) is 0 Å². The topological polar surface area (TPSA) is 84.9 Å². The lowest BCUT2D eigenvalue weighted by atomic mass is 10.0. The Morgan fingerprint density at radius 3 is 2.21 bits per heavy atom. The molecule has 34 heavy (non-hydrogen) atoms. The van der Waals surface area contributed by atoms with Gasteiger partial charge in [0.2, 0.25) is 0 Å². The Balaban J connectivity index is 1.43. The van der Waals surface area contributed by atoms with Gasteiger partial charge in [0.25, 0.3) is 5.91 Å². The zero-order chi connectivity index (χ0) is 23.9. The summed E-state index contributed by atoms with van der Waals surface area (Å²) >= 11 is 0. The lowest BCUT2D eigenvalue weighted by molar-refractivity contribution is -0.139. The monoisotopic (exact) mass is 455 g/mol. The summed E-state index contributed by atoms with van der Waals surface area (Å²) in [6.07, 6.45) is 0.167. The molecule has 0 aromatic heterocycles.